The summed E-state index contributed by atoms with van der Waals surface area (Å²) in [5.41, 5.74) is 1.74. The highest BCUT2D eigenvalue weighted by Crippen LogP contribution is 2.49. The number of carbonyl (C=O) groups is 2. The van der Waals surface area contributed by atoms with Crippen molar-refractivity contribution >= 4 is 34.0 Å². The summed E-state index contributed by atoms with van der Waals surface area (Å²) in [7, 11) is 0. The lowest BCUT2D eigenvalue weighted by Gasteiger charge is -2.29. The number of nitrogens with zero attached hydrogens (tertiary/aromatic N) is 2. The van der Waals surface area contributed by atoms with Crippen LogP contribution in [0.25, 0.3) is 10.8 Å². The topological polar surface area (TPSA) is 90.3 Å². The number of hydroxylamine groups is 1. The van der Waals surface area contributed by atoms with E-state index in [2.05, 4.69) is 0 Å². The highest BCUT2D eigenvalue weighted by atomic mass is 16.7. The predicted octanol–water partition coefficient (Wildman–Crippen LogP) is 4.30. The highest BCUT2D eigenvalue weighted by Gasteiger charge is 2.60. The highest BCUT2D eigenvalue weighted by molar-refractivity contribution is 6.26. The van der Waals surface area contributed by atoms with E-state index in [1.54, 1.807) is 17.2 Å². The summed E-state index contributed by atoms with van der Waals surface area (Å²) in [6.45, 7) is 0. The van der Waals surface area contributed by atoms with Crippen molar-refractivity contribution in [3.05, 3.63) is 96.6 Å². The lowest BCUT2D eigenvalue weighted by Crippen LogP contribution is -2.37. The molecule has 6 rings (SSSR count). The largest absolute Gasteiger partial charge is 0.504 e. The summed E-state index contributed by atoms with van der Waals surface area (Å²) >= 11 is 0. The lowest BCUT2D eigenvalue weighted by atomic mass is 9.90. The van der Waals surface area contributed by atoms with Crippen molar-refractivity contribution in [3.8, 4) is 11.5 Å². The molecule has 2 heterocycles. The third-order valence-corrected chi connectivity index (χ3v) is 6.47. The van der Waals surface area contributed by atoms with Gasteiger partial charge in [0.05, 0.1) is 17.4 Å². The number of phenolic OH excluding ortho intramolecular Hbond substituents is 2. The first-order valence-electron chi connectivity index (χ1n) is 10.9. The molecule has 4 aromatic carbocycles. The molecular weight excluding hydrogens is 432 g/mol. The van der Waals surface area contributed by atoms with Crippen molar-refractivity contribution < 1.29 is 24.6 Å². The Bertz CT molecular complexity index is 1430. The first kappa shape index (κ1) is 20.3. The number of amides is 2. The SMILES string of the molecule is O=C1[C@H]2[C@@H](ON(c3ccccc3)[C@H]2c2ccc(O)c(O)c2)C(=O)N1c1cccc2ccccc12. The fourth-order valence-electron chi connectivity index (χ4n) is 4.92. The zero-order valence-corrected chi connectivity index (χ0v) is 17.9. The molecule has 2 saturated heterocycles. The Labute approximate surface area is 195 Å². The summed E-state index contributed by atoms with van der Waals surface area (Å²) in [6, 6.07) is 26.0. The van der Waals surface area contributed by atoms with Gasteiger partial charge in [0, 0.05) is 5.39 Å². The molecular formula is C27H20N2O5. The van der Waals surface area contributed by atoms with E-state index in [9.17, 15) is 19.8 Å². The lowest BCUT2D eigenvalue weighted by molar-refractivity contribution is -0.126. The van der Waals surface area contributed by atoms with Crippen LogP contribution in [0.5, 0.6) is 11.5 Å². The Balaban J connectivity index is 1.48. The molecule has 7 nitrogen and oxygen atoms in total. The Morgan fingerprint density at radius 3 is 2.26 bits per heavy atom. The summed E-state index contributed by atoms with van der Waals surface area (Å²) in [5.74, 6) is -2.22. The van der Waals surface area contributed by atoms with Crippen LogP contribution in [0.15, 0.2) is 91.0 Å². The van der Waals surface area contributed by atoms with Crippen LogP contribution in [-0.2, 0) is 14.4 Å². The Morgan fingerprint density at radius 1 is 0.735 bits per heavy atom. The van der Waals surface area contributed by atoms with E-state index >= 15 is 0 Å². The van der Waals surface area contributed by atoms with E-state index in [-0.39, 0.29) is 17.4 Å². The maximum atomic E-state index is 13.8. The van der Waals surface area contributed by atoms with Crippen LogP contribution >= 0.6 is 0 Å². The molecule has 0 saturated carbocycles. The molecule has 0 unspecified atom stereocenters. The molecule has 2 amide bonds. The van der Waals surface area contributed by atoms with E-state index in [0.717, 1.165) is 10.8 Å². The molecule has 2 fully saturated rings. The first-order chi connectivity index (χ1) is 16.5. The van der Waals surface area contributed by atoms with Gasteiger partial charge < -0.3 is 10.2 Å². The molecule has 0 radical (unpaired) electrons. The average Bonchev–Trinajstić information content (AvgIpc) is 3.37. The molecule has 3 atom stereocenters. The minimum Gasteiger partial charge on any atom is -0.504 e. The number of para-hydroxylation sites is 1. The number of imide groups is 1. The summed E-state index contributed by atoms with van der Waals surface area (Å²) < 4.78 is 0. The number of hydrogen-bond acceptors (Lipinski definition) is 6. The number of hydrogen-bond donors (Lipinski definition) is 2. The van der Waals surface area contributed by atoms with Crippen molar-refractivity contribution in [2.75, 3.05) is 9.96 Å². The average molecular weight is 452 g/mol. The molecule has 0 aromatic heterocycles. The van der Waals surface area contributed by atoms with Crippen LogP contribution in [0.4, 0.5) is 11.4 Å². The Kier molecular flexibility index (Phi) is 4.53. The number of anilines is 2. The first-order valence-corrected chi connectivity index (χ1v) is 10.9. The number of carbonyl (C=O) groups excluding carboxylic acids is 2. The Morgan fingerprint density at radius 2 is 1.47 bits per heavy atom. The van der Waals surface area contributed by atoms with Gasteiger partial charge in [0.1, 0.15) is 5.92 Å². The quantitative estimate of drug-likeness (QED) is 0.356. The van der Waals surface area contributed by atoms with Crippen LogP contribution in [0.2, 0.25) is 0 Å². The van der Waals surface area contributed by atoms with E-state index in [4.69, 9.17) is 4.84 Å². The number of benzene rings is 4. The summed E-state index contributed by atoms with van der Waals surface area (Å²) in [4.78, 5) is 34.8. The fraction of sp³-hybridized carbons (Fsp3) is 0.111. The summed E-state index contributed by atoms with van der Waals surface area (Å²) in [6.07, 6.45) is -1.02. The van der Waals surface area contributed by atoms with Gasteiger partial charge >= 0.3 is 0 Å². The zero-order valence-electron chi connectivity index (χ0n) is 17.9. The fourth-order valence-corrected chi connectivity index (χ4v) is 4.92. The van der Waals surface area contributed by atoms with Gasteiger partial charge in [-0.25, -0.2) is 9.96 Å². The molecule has 2 aliphatic rings. The van der Waals surface area contributed by atoms with Crippen molar-refractivity contribution in [3.63, 3.8) is 0 Å². The van der Waals surface area contributed by atoms with E-state index in [0.29, 0.717) is 16.9 Å². The van der Waals surface area contributed by atoms with Crippen LogP contribution in [-0.4, -0.2) is 28.1 Å². The second-order valence-electron chi connectivity index (χ2n) is 8.42. The third kappa shape index (κ3) is 2.94. The van der Waals surface area contributed by atoms with Gasteiger partial charge in [0.15, 0.2) is 17.6 Å². The van der Waals surface area contributed by atoms with Gasteiger partial charge in [0.2, 0.25) is 5.91 Å². The van der Waals surface area contributed by atoms with Crippen molar-refractivity contribution in [2.45, 2.75) is 12.1 Å². The van der Waals surface area contributed by atoms with Gasteiger partial charge in [-0.15, -0.1) is 0 Å². The van der Waals surface area contributed by atoms with E-state index < -0.39 is 24.0 Å². The predicted molar refractivity (Wildman–Crippen MR) is 126 cm³/mol. The molecule has 0 aliphatic carbocycles. The van der Waals surface area contributed by atoms with Crippen LogP contribution in [0, 0.1) is 5.92 Å². The van der Waals surface area contributed by atoms with Crippen LogP contribution in [0.3, 0.4) is 0 Å². The molecule has 4 aromatic rings. The smallest absolute Gasteiger partial charge is 0.266 e. The maximum absolute atomic E-state index is 13.8. The molecule has 0 bridgehead atoms. The third-order valence-electron chi connectivity index (χ3n) is 6.47. The minimum absolute atomic E-state index is 0.267. The van der Waals surface area contributed by atoms with Crippen molar-refractivity contribution in [2.24, 2.45) is 5.92 Å². The van der Waals surface area contributed by atoms with Crippen LogP contribution in [0.1, 0.15) is 11.6 Å². The molecule has 0 spiro atoms. The number of aromatic hydroxyl groups is 2. The summed E-state index contributed by atoms with van der Waals surface area (Å²) in [5, 5.41) is 23.2. The Hall–Kier alpha value is -4.36. The van der Waals surface area contributed by atoms with Gasteiger partial charge in [-0.1, -0.05) is 60.7 Å². The monoisotopic (exact) mass is 452 g/mol. The molecule has 2 N–H and O–H groups in total. The van der Waals surface area contributed by atoms with Gasteiger partial charge in [-0.2, -0.15) is 0 Å². The number of rotatable bonds is 3. The van der Waals surface area contributed by atoms with E-state index in [1.807, 2.05) is 66.7 Å². The van der Waals surface area contributed by atoms with E-state index in [1.165, 1.54) is 17.0 Å². The molecule has 7 heteroatoms. The normalized spacial score (nSPS) is 21.9. The van der Waals surface area contributed by atoms with Crippen LogP contribution < -0.4 is 9.96 Å². The van der Waals surface area contributed by atoms with Gasteiger partial charge in [0.25, 0.3) is 5.91 Å². The second-order valence-corrected chi connectivity index (χ2v) is 8.42. The zero-order chi connectivity index (χ0) is 23.4. The number of fused-ring (bicyclic) bond motifs is 2. The van der Waals surface area contributed by atoms with Crippen molar-refractivity contribution in [1.82, 2.24) is 0 Å². The molecule has 2 aliphatic heterocycles. The molecule has 34 heavy (non-hydrogen) atoms. The van der Waals surface area contributed by atoms with Gasteiger partial charge in [-0.05, 0) is 41.3 Å². The number of phenols is 2. The van der Waals surface area contributed by atoms with Crippen molar-refractivity contribution in [1.29, 1.82) is 0 Å². The van der Waals surface area contributed by atoms with Gasteiger partial charge in [-0.3, -0.25) is 14.4 Å². The second kappa shape index (κ2) is 7.60. The minimum atomic E-state index is -1.02. The molecule has 168 valence electrons. The maximum Gasteiger partial charge on any atom is 0.266 e. The standard InChI is InChI=1S/C27H20N2O5/c30-21-14-13-17(15-22(21)31)24-23-25(34-29(24)18-9-2-1-3-10-18)27(33)28(26(23)32)20-12-6-8-16-7-4-5-11-19(16)20/h1-15,23-25,30-31H/t23-,24+,25-/m1/s1.